The van der Waals surface area contributed by atoms with Gasteiger partial charge >= 0.3 is 0 Å². The molecule has 3 heterocycles. The number of fused-ring (bicyclic) bond motifs is 1. The number of thioether (sulfide) groups is 1. The van der Waals surface area contributed by atoms with Gasteiger partial charge in [0.25, 0.3) is 0 Å². The van der Waals surface area contributed by atoms with Gasteiger partial charge in [0.05, 0.1) is 5.69 Å². The molecule has 3 aliphatic rings. The molecule has 2 fully saturated rings. The third-order valence-corrected chi connectivity index (χ3v) is 7.81. The summed E-state index contributed by atoms with van der Waals surface area (Å²) in [6, 6.07) is 8.07. The summed E-state index contributed by atoms with van der Waals surface area (Å²) in [6.45, 7) is 6.14. The largest absolute Gasteiger partial charge is 0.343 e. The van der Waals surface area contributed by atoms with E-state index in [1.807, 2.05) is 28.0 Å². The number of para-hydroxylation sites is 1. The Kier molecular flexibility index (Phi) is 7.72. The second kappa shape index (κ2) is 10.7. The van der Waals surface area contributed by atoms with E-state index in [0.717, 1.165) is 54.7 Å². The monoisotopic (exact) mass is 429 g/mol. The lowest BCUT2D eigenvalue weighted by Crippen LogP contribution is -2.42. The molecule has 164 valence electrons. The SMILES string of the molecule is O=C(CCC(=O)N1CCSc2ccccc21)N1CCC(CN2CCCCCC2)CC1. The minimum absolute atomic E-state index is 0.0761. The fourth-order valence-corrected chi connectivity index (χ4v) is 5.98. The number of carbonyl (C=O) groups excluding carboxylic acids is 2. The number of piperidine rings is 1. The maximum Gasteiger partial charge on any atom is 0.227 e. The van der Waals surface area contributed by atoms with E-state index in [-0.39, 0.29) is 11.8 Å². The summed E-state index contributed by atoms with van der Waals surface area (Å²) < 4.78 is 0. The van der Waals surface area contributed by atoms with E-state index >= 15 is 0 Å². The van der Waals surface area contributed by atoms with Gasteiger partial charge in [-0.3, -0.25) is 9.59 Å². The fraction of sp³-hybridized carbons (Fsp3) is 0.667. The number of likely N-dealkylation sites (tertiary alicyclic amines) is 2. The van der Waals surface area contributed by atoms with Crippen molar-refractivity contribution in [2.45, 2.75) is 56.3 Å². The molecule has 6 heteroatoms. The number of rotatable bonds is 5. The Balaban J connectivity index is 1.20. The first-order valence-corrected chi connectivity index (χ1v) is 12.7. The van der Waals surface area contributed by atoms with Crippen LogP contribution in [0.25, 0.3) is 0 Å². The molecule has 0 saturated carbocycles. The van der Waals surface area contributed by atoms with Gasteiger partial charge in [-0.1, -0.05) is 25.0 Å². The van der Waals surface area contributed by atoms with Crippen LogP contribution in [0.2, 0.25) is 0 Å². The normalized spacial score (nSPS) is 21.2. The Morgan fingerprint density at radius 2 is 1.57 bits per heavy atom. The van der Waals surface area contributed by atoms with Crippen LogP contribution >= 0.6 is 11.8 Å². The van der Waals surface area contributed by atoms with E-state index < -0.39 is 0 Å². The highest BCUT2D eigenvalue weighted by atomic mass is 32.2. The van der Waals surface area contributed by atoms with Gasteiger partial charge in [0.1, 0.15) is 0 Å². The van der Waals surface area contributed by atoms with Crippen molar-refractivity contribution in [3.05, 3.63) is 24.3 Å². The van der Waals surface area contributed by atoms with Crippen molar-refractivity contribution in [2.75, 3.05) is 49.9 Å². The standard InChI is InChI=1S/C24H35N3O2S/c28-23(9-10-24(29)27-17-18-30-22-8-4-3-7-21(22)27)26-15-11-20(12-16-26)19-25-13-5-1-2-6-14-25/h3-4,7-8,20H,1-2,5-6,9-19H2. The molecule has 2 amide bonds. The molecule has 0 bridgehead atoms. The van der Waals surface area contributed by atoms with E-state index in [9.17, 15) is 9.59 Å². The fourth-order valence-electron chi connectivity index (χ4n) is 4.98. The zero-order valence-corrected chi connectivity index (χ0v) is 18.9. The van der Waals surface area contributed by atoms with E-state index in [4.69, 9.17) is 0 Å². The summed E-state index contributed by atoms with van der Waals surface area (Å²) in [5.74, 6) is 1.86. The number of carbonyl (C=O) groups is 2. The van der Waals surface area contributed by atoms with Crippen molar-refractivity contribution >= 4 is 29.3 Å². The average Bonchev–Trinajstić information content (AvgIpc) is 3.06. The Bertz CT molecular complexity index is 725. The molecule has 30 heavy (non-hydrogen) atoms. The van der Waals surface area contributed by atoms with Gasteiger partial charge in [-0.2, -0.15) is 0 Å². The van der Waals surface area contributed by atoms with Crippen LogP contribution in [-0.2, 0) is 9.59 Å². The lowest BCUT2D eigenvalue weighted by atomic mass is 9.95. The number of anilines is 1. The second-order valence-corrected chi connectivity index (χ2v) is 10.0. The van der Waals surface area contributed by atoms with E-state index in [0.29, 0.717) is 12.8 Å². The maximum absolute atomic E-state index is 12.8. The number of hydrogen-bond donors (Lipinski definition) is 0. The van der Waals surface area contributed by atoms with E-state index in [1.54, 1.807) is 11.8 Å². The highest BCUT2D eigenvalue weighted by Crippen LogP contribution is 2.34. The Morgan fingerprint density at radius 3 is 2.33 bits per heavy atom. The van der Waals surface area contributed by atoms with Crippen LogP contribution in [0.5, 0.6) is 0 Å². The van der Waals surface area contributed by atoms with E-state index in [1.165, 1.54) is 45.3 Å². The van der Waals surface area contributed by atoms with Crippen molar-refractivity contribution in [3.63, 3.8) is 0 Å². The van der Waals surface area contributed by atoms with Crippen molar-refractivity contribution in [2.24, 2.45) is 5.92 Å². The molecular formula is C24H35N3O2S. The second-order valence-electron chi connectivity index (χ2n) is 8.90. The summed E-state index contributed by atoms with van der Waals surface area (Å²) in [5.41, 5.74) is 1.00. The molecule has 0 unspecified atom stereocenters. The molecule has 3 aliphatic heterocycles. The number of hydrogen-bond acceptors (Lipinski definition) is 4. The third-order valence-electron chi connectivity index (χ3n) is 6.76. The maximum atomic E-state index is 12.8. The topological polar surface area (TPSA) is 43.9 Å². The summed E-state index contributed by atoms with van der Waals surface area (Å²) >= 11 is 1.80. The van der Waals surface area contributed by atoms with Gasteiger partial charge in [-0.15, -0.1) is 11.8 Å². The van der Waals surface area contributed by atoms with Crippen LogP contribution in [0.3, 0.4) is 0 Å². The molecule has 5 nitrogen and oxygen atoms in total. The first-order valence-electron chi connectivity index (χ1n) is 11.7. The van der Waals surface area contributed by atoms with Crippen LogP contribution in [0.4, 0.5) is 5.69 Å². The van der Waals surface area contributed by atoms with Gasteiger partial charge in [-0.25, -0.2) is 0 Å². The molecule has 0 N–H and O–H groups in total. The lowest BCUT2D eigenvalue weighted by molar-refractivity contribution is -0.134. The zero-order chi connectivity index (χ0) is 20.8. The van der Waals surface area contributed by atoms with Crippen LogP contribution in [0.1, 0.15) is 51.4 Å². The summed E-state index contributed by atoms with van der Waals surface area (Å²) in [6.07, 6.45) is 8.29. The average molecular weight is 430 g/mol. The molecule has 1 aromatic carbocycles. The Morgan fingerprint density at radius 1 is 0.867 bits per heavy atom. The van der Waals surface area contributed by atoms with Gasteiger partial charge in [0.2, 0.25) is 11.8 Å². The highest BCUT2D eigenvalue weighted by Gasteiger charge is 2.27. The van der Waals surface area contributed by atoms with Crippen LogP contribution in [0, 0.1) is 5.92 Å². The molecule has 2 saturated heterocycles. The van der Waals surface area contributed by atoms with Crippen LogP contribution in [-0.4, -0.2) is 66.6 Å². The van der Waals surface area contributed by atoms with E-state index in [2.05, 4.69) is 11.0 Å². The first kappa shape index (κ1) is 21.7. The number of amides is 2. The quantitative estimate of drug-likeness (QED) is 0.709. The molecular weight excluding hydrogens is 394 g/mol. The molecule has 0 radical (unpaired) electrons. The highest BCUT2D eigenvalue weighted by molar-refractivity contribution is 7.99. The van der Waals surface area contributed by atoms with Gasteiger partial charge in [0.15, 0.2) is 0 Å². The molecule has 0 spiro atoms. The molecule has 0 atom stereocenters. The van der Waals surface area contributed by atoms with Gasteiger partial charge in [0, 0.05) is 49.7 Å². The summed E-state index contributed by atoms with van der Waals surface area (Å²) in [5, 5.41) is 0. The molecule has 0 aliphatic carbocycles. The summed E-state index contributed by atoms with van der Waals surface area (Å²) in [7, 11) is 0. The smallest absolute Gasteiger partial charge is 0.227 e. The number of nitrogens with zero attached hydrogens (tertiary/aromatic N) is 3. The molecule has 0 aromatic heterocycles. The third kappa shape index (κ3) is 5.58. The van der Waals surface area contributed by atoms with Crippen molar-refractivity contribution in [3.8, 4) is 0 Å². The van der Waals surface area contributed by atoms with Gasteiger partial charge < -0.3 is 14.7 Å². The predicted molar refractivity (Wildman–Crippen MR) is 123 cm³/mol. The van der Waals surface area contributed by atoms with Crippen LogP contribution in [0.15, 0.2) is 29.2 Å². The minimum atomic E-state index is 0.0761. The van der Waals surface area contributed by atoms with Crippen molar-refractivity contribution < 1.29 is 9.59 Å². The lowest BCUT2D eigenvalue weighted by Gasteiger charge is -2.35. The minimum Gasteiger partial charge on any atom is -0.343 e. The van der Waals surface area contributed by atoms with Crippen molar-refractivity contribution in [1.29, 1.82) is 0 Å². The first-order chi connectivity index (χ1) is 14.7. The Labute approximate surface area is 185 Å². The zero-order valence-electron chi connectivity index (χ0n) is 18.1. The van der Waals surface area contributed by atoms with Gasteiger partial charge in [-0.05, 0) is 56.8 Å². The molecule has 1 aromatic rings. The Hall–Kier alpha value is -1.53. The molecule has 4 rings (SSSR count). The van der Waals surface area contributed by atoms with Crippen LogP contribution < -0.4 is 4.90 Å². The number of benzene rings is 1. The predicted octanol–water partition coefficient (Wildman–Crippen LogP) is 4.02. The van der Waals surface area contributed by atoms with Crippen molar-refractivity contribution in [1.82, 2.24) is 9.80 Å². The summed E-state index contributed by atoms with van der Waals surface area (Å²) in [4.78, 5) is 33.2.